The van der Waals surface area contributed by atoms with E-state index in [1.165, 1.54) is 38.8 Å². The zero-order valence-electron chi connectivity index (χ0n) is 22.1. The molecule has 0 bridgehead atoms. The normalized spacial score (nSPS) is 14.2. The summed E-state index contributed by atoms with van der Waals surface area (Å²) in [5, 5.41) is 2.40. The highest BCUT2D eigenvalue weighted by molar-refractivity contribution is 5.91. The fourth-order valence-electron chi connectivity index (χ4n) is 5.80. The average molecular weight is 499 g/mol. The van der Waals surface area contributed by atoms with Crippen molar-refractivity contribution < 1.29 is 9.47 Å². The van der Waals surface area contributed by atoms with E-state index in [9.17, 15) is 0 Å². The van der Waals surface area contributed by atoms with Crippen molar-refractivity contribution in [3.05, 3.63) is 138 Å². The SMILES string of the molecule is CCC(C)c1ccc(OC(OCCc2ccccc2)C2c3ccccc3-c3ccccc32)c2ccccc12. The molecule has 38 heavy (non-hydrogen) atoms. The molecule has 2 unspecified atom stereocenters. The second-order valence-corrected chi connectivity index (χ2v) is 10.3. The van der Waals surface area contributed by atoms with Crippen LogP contribution in [0.25, 0.3) is 21.9 Å². The third kappa shape index (κ3) is 4.61. The van der Waals surface area contributed by atoms with E-state index in [0.29, 0.717) is 12.5 Å². The van der Waals surface area contributed by atoms with Crippen molar-refractivity contribution in [2.24, 2.45) is 0 Å². The van der Waals surface area contributed by atoms with Crippen molar-refractivity contribution in [2.75, 3.05) is 6.61 Å². The second kappa shape index (κ2) is 10.8. The first kappa shape index (κ1) is 24.5. The molecule has 2 heteroatoms. The van der Waals surface area contributed by atoms with Crippen molar-refractivity contribution in [1.29, 1.82) is 0 Å². The van der Waals surface area contributed by atoms with Crippen LogP contribution in [0.3, 0.4) is 0 Å². The molecule has 0 aliphatic heterocycles. The van der Waals surface area contributed by atoms with Crippen LogP contribution >= 0.6 is 0 Å². The summed E-state index contributed by atoms with van der Waals surface area (Å²) < 4.78 is 13.6. The molecular formula is C36H34O2. The minimum absolute atomic E-state index is 0.00817. The van der Waals surface area contributed by atoms with E-state index < -0.39 is 6.29 Å². The number of hydrogen-bond donors (Lipinski definition) is 0. The number of hydrogen-bond acceptors (Lipinski definition) is 2. The van der Waals surface area contributed by atoms with Gasteiger partial charge in [-0.05, 0) is 63.6 Å². The minimum Gasteiger partial charge on any atom is -0.463 e. The Hall–Kier alpha value is -3.88. The van der Waals surface area contributed by atoms with Crippen LogP contribution in [0.4, 0.5) is 0 Å². The third-order valence-electron chi connectivity index (χ3n) is 7.97. The first-order chi connectivity index (χ1) is 18.7. The van der Waals surface area contributed by atoms with Crippen LogP contribution < -0.4 is 4.74 Å². The van der Waals surface area contributed by atoms with Crippen LogP contribution in [0.5, 0.6) is 5.75 Å². The van der Waals surface area contributed by atoms with E-state index in [4.69, 9.17) is 9.47 Å². The number of rotatable bonds is 9. The Labute approximate surface area is 225 Å². The summed E-state index contributed by atoms with van der Waals surface area (Å²) >= 11 is 0. The zero-order chi connectivity index (χ0) is 25.9. The van der Waals surface area contributed by atoms with Gasteiger partial charge in [0.05, 0.1) is 12.5 Å². The molecule has 0 saturated carbocycles. The van der Waals surface area contributed by atoms with E-state index in [2.05, 4.69) is 129 Å². The molecule has 2 nitrogen and oxygen atoms in total. The van der Waals surface area contributed by atoms with Gasteiger partial charge in [-0.1, -0.05) is 123 Å². The highest BCUT2D eigenvalue weighted by Crippen LogP contribution is 2.47. The molecule has 0 spiro atoms. The summed E-state index contributed by atoms with van der Waals surface area (Å²) in [6.07, 6.45) is 1.48. The largest absolute Gasteiger partial charge is 0.463 e. The molecule has 0 fully saturated rings. The number of fused-ring (bicyclic) bond motifs is 4. The van der Waals surface area contributed by atoms with Gasteiger partial charge in [0.2, 0.25) is 6.29 Å². The van der Waals surface area contributed by atoms with Crippen LogP contribution in [-0.2, 0) is 11.2 Å². The van der Waals surface area contributed by atoms with Gasteiger partial charge < -0.3 is 9.47 Å². The fourth-order valence-corrected chi connectivity index (χ4v) is 5.80. The Morgan fingerprint density at radius 3 is 1.95 bits per heavy atom. The van der Waals surface area contributed by atoms with Gasteiger partial charge >= 0.3 is 0 Å². The lowest BCUT2D eigenvalue weighted by Gasteiger charge is -2.28. The lowest BCUT2D eigenvalue weighted by molar-refractivity contribution is -0.0870. The highest BCUT2D eigenvalue weighted by atomic mass is 16.7. The van der Waals surface area contributed by atoms with Crippen molar-refractivity contribution in [3.63, 3.8) is 0 Å². The van der Waals surface area contributed by atoms with Gasteiger partial charge in [0, 0.05) is 5.39 Å². The topological polar surface area (TPSA) is 18.5 Å². The predicted octanol–water partition coefficient (Wildman–Crippen LogP) is 9.13. The Kier molecular flexibility index (Phi) is 6.98. The summed E-state index contributed by atoms with van der Waals surface area (Å²) in [5.74, 6) is 1.35. The molecule has 5 aromatic rings. The van der Waals surface area contributed by atoms with Crippen molar-refractivity contribution in [3.8, 4) is 16.9 Å². The summed E-state index contributed by atoms with van der Waals surface area (Å²) in [5.41, 5.74) is 7.70. The molecule has 0 saturated heterocycles. The zero-order valence-corrected chi connectivity index (χ0v) is 22.1. The van der Waals surface area contributed by atoms with Gasteiger partial charge in [-0.2, -0.15) is 0 Å². The first-order valence-electron chi connectivity index (χ1n) is 13.8. The van der Waals surface area contributed by atoms with Gasteiger partial charge in [0.1, 0.15) is 5.75 Å². The van der Waals surface area contributed by atoms with Gasteiger partial charge in [-0.25, -0.2) is 0 Å². The number of benzene rings is 5. The molecule has 5 aromatic carbocycles. The Balaban J connectivity index is 1.40. The highest BCUT2D eigenvalue weighted by Gasteiger charge is 2.36. The quantitative estimate of drug-likeness (QED) is 0.189. The number of ether oxygens (including phenoxy) is 2. The van der Waals surface area contributed by atoms with Crippen LogP contribution in [0.1, 0.15) is 54.4 Å². The molecular weight excluding hydrogens is 464 g/mol. The van der Waals surface area contributed by atoms with E-state index in [1.807, 2.05) is 0 Å². The van der Waals surface area contributed by atoms with Crippen molar-refractivity contribution >= 4 is 10.8 Å². The maximum atomic E-state index is 6.91. The fraction of sp³-hybridized carbons (Fsp3) is 0.222. The van der Waals surface area contributed by atoms with Crippen molar-refractivity contribution in [2.45, 2.75) is 44.8 Å². The molecule has 0 N–H and O–H groups in total. The van der Waals surface area contributed by atoms with Gasteiger partial charge in [-0.15, -0.1) is 0 Å². The second-order valence-electron chi connectivity index (χ2n) is 10.3. The van der Waals surface area contributed by atoms with E-state index in [-0.39, 0.29) is 5.92 Å². The average Bonchev–Trinajstić information content (AvgIpc) is 3.31. The van der Waals surface area contributed by atoms with Crippen LogP contribution in [0, 0.1) is 0 Å². The van der Waals surface area contributed by atoms with E-state index in [1.54, 1.807) is 0 Å². The van der Waals surface area contributed by atoms with Gasteiger partial charge in [-0.3, -0.25) is 0 Å². The lowest BCUT2D eigenvalue weighted by atomic mass is 9.92. The maximum absolute atomic E-state index is 6.91. The lowest BCUT2D eigenvalue weighted by Crippen LogP contribution is -2.29. The Morgan fingerprint density at radius 1 is 0.658 bits per heavy atom. The minimum atomic E-state index is -0.457. The summed E-state index contributed by atoms with van der Waals surface area (Å²) in [6, 6.07) is 40.9. The van der Waals surface area contributed by atoms with E-state index >= 15 is 0 Å². The van der Waals surface area contributed by atoms with Crippen LogP contribution in [0.2, 0.25) is 0 Å². The molecule has 0 heterocycles. The third-order valence-corrected chi connectivity index (χ3v) is 7.97. The molecule has 0 radical (unpaired) electrons. The summed E-state index contributed by atoms with van der Waals surface area (Å²) in [6.45, 7) is 5.12. The van der Waals surface area contributed by atoms with Gasteiger partial charge in [0.15, 0.2) is 0 Å². The standard InChI is InChI=1S/C36H34O2/c1-3-25(2)27-21-22-34(31-18-10-7-15-28(27)31)38-36(37-24-23-26-13-5-4-6-14-26)35-32-19-11-8-16-29(32)30-17-9-12-20-33(30)35/h4-22,25,35-36H,3,23-24H2,1-2H3. The monoisotopic (exact) mass is 498 g/mol. The molecule has 0 aromatic heterocycles. The molecule has 0 amide bonds. The molecule has 2 atom stereocenters. The smallest absolute Gasteiger partial charge is 0.210 e. The van der Waals surface area contributed by atoms with Crippen LogP contribution in [-0.4, -0.2) is 12.9 Å². The molecule has 190 valence electrons. The maximum Gasteiger partial charge on any atom is 0.210 e. The summed E-state index contributed by atoms with van der Waals surface area (Å²) in [4.78, 5) is 0. The summed E-state index contributed by atoms with van der Waals surface area (Å²) in [7, 11) is 0. The molecule has 6 rings (SSSR count). The predicted molar refractivity (Wildman–Crippen MR) is 157 cm³/mol. The van der Waals surface area contributed by atoms with Crippen molar-refractivity contribution in [1.82, 2.24) is 0 Å². The molecule has 1 aliphatic rings. The van der Waals surface area contributed by atoms with E-state index in [0.717, 1.165) is 24.0 Å². The first-order valence-corrected chi connectivity index (χ1v) is 13.8. The van der Waals surface area contributed by atoms with Crippen LogP contribution in [0.15, 0.2) is 115 Å². The molecule has 1 aliphatic carbocycles. The Bertz CT molecular complexity index is 1490. The Morgan fingerprint density at radius 2 is 1.26 bits per heavy atom. The van der Waals surface area contributed by atoms with Gasteiger partial charge in [0.25, 0.3) is 0 Å².